The molecular weight excluding hydrogens is 260 g/mol. The summed E-state index contributed by atoms with van der Waals surface area (Å²) in [5.74, 6) is 0.318. The molecule has 0 bridgehead atoms. The van der Waals surface area contributed by atoms with Gasteiger partial charge in [0.25, 0.3) is 0 Å². The van der Waals surface area contributed by atoms with Crippen LogP contribution in [0.1, 0.15) is 56.0 Å². The van der Waals surface area contributed by atoms with Crippen LogP contribution in [0.4, 0.5) is 0 Å². The maximum atomic E-state index is 11.9. The highest BCUT2D eigenvalue weighted by molar-refractivity contribution is 5.89. The molecule has 0 spiro atoms. The standard InChI is InChI=1S/C19H26O2/c1-5-17-9-11-18(12-10-17)19(20)21-14-13-16(4)8-6-7-15(2)3/h5,7,9-12,16H,1,6,8,13-14H2,2-4H3. The zero-order chi connectivity index (χ0) is 15.7. The van der Waals surface area contributed by atoms with E-state index in [9.17, 15) is 4.79 Å². The zero-order valence-electron chi connectivity index (χ0n) is 13.4. The minimum absolute atomic E-state index is 0.248. The molecule has 2 heteroatoms. The molecular formula is C19H26O2. The van der Waals surface area contributed by atoms with Crippen LogP contribution in [-0.4, -0.2) is 12.6 Å². The Morgan fingerprint density at radius 3 is 2.48 bits per heavy atom. The maximum Gasteiger partial charge on any atom is 0.338 e. The van der Waals surface area contributed by atoms with Gasteiger partial charge in [0, 0.05) is 0 Å². The van der Waals surface area contributed by atoms with Gasteiger partial charge >= 0.3 is 5.97 Å². The van der Waals surface area contributed by atoms with Crippen LogP contribution in [0.3, 0.4) is 0 Å². The fraction of sp³-hybridized carbons (Fsp3) is 0.421. The summed E-state index contributed by atoms with van der Waals surface area (Å²) in [4.78, 5) is 11.9. The van der Waals surface area contributed by atoms with E-state index in [4.69, 9.17) is 4.74 Å². The average Bonchev–Trinajstić information content (AvgIpc) is 2.46. The van der Waals surface area contributed by atoms with Gasteiger partial charge in [0.2, 0.25) is 0 Å². The van der Waals surface area contributed by atoms with Crippen molar-refractivity contribution in [1.29, 1.82) is 0 Å². The lowest BCUT2D eigenvalue weighted by Crippen LogP contribution is -2.09. The first kappa shape index (κ1) is 17.2. The minimum atomic E-state index is -0.248. The first-order valence-corrected chi connectivity index (χ1v) is 7.56. The largest absolute Gasteiger partial charge is 0.462 e. The number of rotatable bonds is 8. The predicted molar refractivity (Wildman–Crippen MR) is 89.3 cm³/mol. The number of allylic oxidation sites excluding steroid dienone is 2. The van der Waals surface area contributed by atoms with Crippen molar-refractivity contribution in [3.05, 3.63) is 53.6 Å². The Bertz CT molecular complexity index is 479. The van der Waals surface area contributed by atoms with Crippen LogP contribution < -0.4 is 0 Å². The lowest BCUT2D eigenvalue weighted by atomic mass is 10.0. The summed E-state index contributed by atoms with van der Waals surface area (Å²) in [5, 5.41) is 0. The number of esters is 1. The second-order valence-electron chi connectivity index (χ2n) is 5.71. The maximum absolute atomic E-state index is 11.9. The summed E-state index contributed by atoms with van der Waals surface area (Å²) in [7, 11) is 0. The Morgan fingerprint density at radius 1 is 1.24 bits per heavy atom. The van der Waals surface area contributed by atoms with Crippen LogP contribution in [0.15, 0.2) is 42.5 Å². The van der Waals surface area contributed by atoms with Crippen LogP contribution in [0.2, 0.25) is 0 Å². The van der Waals surface area contributed by atoms with Gasteiger partial charge in [-0.3, -0.25) is 0 Å². The minimum Gasteiger partial charge on any atom is -0.462 e. The van der Waals surface area contributed by atoms with Gasteiger partial charge in [0.15, 0.2) is 0 Å². The molecule has 2 nitrogen and oxygen atoms in total. The van der Waals surface area contributed by atoms with Crippen LogP contribution in [-0.2, 0) is 4.74 Å². The fourth-order valence-electron chi connectivity index (χ4n) is 1.99. The second kappa shape index (κ2) is 9.17. The first-order valence-electron chi connectivity index (χ1n) is 7.56. The van der Waals surface area contributed by atoms with Gasteiger partial charge in [-0.05, 0) is 56.7 Å². The molecule has 0 N–H and O–H groups in total. The van der Waals surface area contributed by atoms with Crippen LogP contribution in [0.25, 0.3) is 6.08 Å². The summed E-state index contributed by atoms with van der Waals surface area (Å²) < 4.78 is 5.32. The van der Waals surface area contributed by atoms with E-state index in [0.717, 1.165) is 24.8 Å². The molecule has 0 saturated heterocycles. The summed E-state index contributed by atoms with van der Waals surface area (Å²) in [5.41, 5.74) is 2.95. The van der Waals surface area contributed by atoms with Crippen molar-refractivity contribution in [2.24, 2.45) is 5.92 Å². The zero-order valence-corrected chi connectivity index (χ0v) is 13.4. The molecule has 0 aliphatic carbocycles. The van der Waals surface area contributed by atoms with Crippen LogP contribution in [0, 0.1) is 5.92 Å². The molecule has 0 aliphatic heterocycles. The predicted octanol–water partition coefficient (Wildman–Crippen LogP) is 5.26. The van der Waals surface area contributed by atoms with E-state index in [2.05, 4.69) is 33.4 Å². The molecule has 0 amide bonds. The molecule has 0 aromatic heterocycles. The lowest BCUT2D eigenvalue weighted by Gasteiger charge is -2.10. The van der Waals surface area contributed by atoms with Gasteiger partial charge in [0.05, 0.1) is 12.2 Å². The highest BCUT2D eigenvalue weighted by Gasteiger charge is 2.08. The Hall–Kier alpha value is -1.83. The second-order valence-corrected chi connectivity index (χ2v) is 5.71. The van der Waals surface area contributed by atoms with E-state index in [0.29, 0.717) is 18.1 Å². The molecule has 0 heterocycles. The van der Waals surface area contributed by atoms with E-state index < -0.39 is 0 Å². The van der Waals surface area contributed by atoms with Gasteiger partial charge in [-0.2, -0.15) is 0 Å². The van der Waals surface area contributed by atoms with Gasteiger partial charge in [-0.1, -0.05) is 43.4 Å². The molecule has 1 unspecified atom stereocenters. The number of hydrogen-bond acceptors (Lipinski definition) is 2. The van der Waals surface area contributed by atoms with Crippen molar-refractivity contribution in [3.63, 3.8) is 0 Å². The van der Waals surface area contributed by atoms with Crippen molar-refractivity contribution in [2.75, 3.05) is 6.61 Å². The fourth-order valence-corrected chi connectivity index (χ4v) is 1.99. The molecule has 0 fully saturated rings. The summed E-state index contributed by atoms with van der Waals surface area (Å²) >= 11 is 0. The number of carbonyl (C=O) groups excluding carboxylic acids is 1. The van der Waals surface area contributed by atoms with Gasteiger partial charge in [-0.25, -0.2) is 4.79 Å². The molecule has 1 atom stereocenters. The van der Waals surface area contributed by atoms with E-state index in [1.54, 1.807) is 18.2 Å². The number of hydrogen-bond donors (Lipinski definition) is 0. The normalized spacial score (nSPS) is 11.6. The monoisotopic (exact) mass is 286 g/mol. The summed E-state index contributed by atoms with van der Waals surface area (Å²) in [6, 6.07) is 7.28. The van der Waals surface area contributed by atoms with E-state index in [1.165, 1.54) is 5.57 Å². The molecule has 0 radical (unpaired) electrons. The average molecular weight is 286 g/mol. The van der Waals surface area contributed by atoms with Crippen LogP contribution >= 0.6 is 0 Å². The number of ether oxygens (including phenoxy) is 1. The van der Waals surface area contributed by atoms with Crippen molar-refractivity contribution in [1.82, 2.24) is 0 Å². The van der Waals surface area contributed by atoms with Gasteiger partial charge in [0.1, 0.15) is 0 Å². The molecule has 114 valence electrons. The van der Waals surface area contributed by atoms with Crippen molar-refractivity contribution < 1.29 is 9.53 Å². The van der Waals surface area contributed by atoms with E-state index in [1.807, 2.05) is 12.1 Å². The summed E-state index contributed by atoms with van der Waals surface area (Å²) in [6.07, 6.45) is 7.15. The third-order valence-electron chi connectivity index (χ3n) is 3.44. The van der Waals surface area contributed by atoms with E-state index >= 15 is 0 Å². The lowest BCUT2D eigenvalue weighted by molar-refractivity contribution is 0.0484. The number of carbonyl (C=O) groups is 1. The molecule has 0 saturated carbocycles. The Morgan fingerprint density at radius 2 is 1.90 bits per heavy atom. The molecule has 1 aromatic carbocycles. The van der Waals surface area contributed by atoms with E-state index in [-0.39, 0.29) is 5.97 Å². The molecule has 1 rings (SSSR count). The Kier molecular flexibility index (Phi) is 7.52. The van der Waals surface area contributed by atoms with Crippen molar-refractivity contribution in [2.45, 2.75) is 40.0 Å². The molecule has 0 aliphatic rings. The Balaban J connectivity index is 2.29. The smallest absolute Gasteiger partial charge is 0.338 e. The third-order valence-corrected chi connectivity index (χ3v) is 3.44. The molecule has 21 heavy (non-hydrogen) atoms. The summed E-state index contributed by atoms with van der Waals surface area (Å²) in [6.45, 7) is 10.6. The van der Waals surface area contributed by atoms with Gasteiger partial charge < -0.3 is 4.74 Å². The van der Waals surface area contributed by atoms with Crippen molar-refractivity contribution in [3.8, 4) is 0 Å². The Labute approximate surface area is 128 Å². The first-order chi connectivity index (χ1) is 10.0. The topological polar surface area (TPSA) is 26.3 Å². The highest BCUT2D eigenvalue weighted by Crippen LogP contribution is 2.13. The van der Waals surface area contributed by atoms with Crippen LogP contribution in [0.5, 0.6) is 0 Å². The molecule has 1 aromatic rings. The van der Waals surface area contributed by atoms with Crippen molar-refractivity contribution >= 4 is 12.0 Å². The SMILES string of the molecule is C=Cc1ccc(C(=O)OCCC(C)CCC=C(C)C)cc1. The third kappa shape index (κ3) is 6.94. The quantitative estimate of drug-likeness (QED) is 0.481. The number of benzene rings is 1. The highest BCUT2D eigenvalue weighted by atomic mass is 16.5. The van der Waals surface area contributed by atoms with Gasteiger partial charge in [-0.15, -0.1) is 0 Å².